The van der Waals surface area contributed by atoms with Gasteiger partial charge in [0.1, 0.15) is 17.6 Å². The van der Waals surface area contributed by atoms with Crippen LogP contribution >= 0.6 is 0 Å². The monoisotopic (exact) mass is 346 g/mol. The summed E-state index contributed by atoms with van der Waals surface area (Å²) in [5.74, 6) is 1.29. The molecule has 0 aliphatic carbocycles. The van der Waals surface area contributed by atoms with Gasteiger partial charge in [0.15, 0.2) is 0 Å². The Balaban J connectivity index is 1.85. The van der Waals surface area contributed by atoms with Crippen LogP contribution in [-0.2, 0) is 0 Å². The van der Waals surface area contributed by atoms with Crippen LogP contribution in [0.25, 0.3) is 0 Å². The van der Waals surface area contributed by atoms with Gasteiger partial charge >= 0.3 is 6.03 Å². The zero-order valence-electron chi connectivity index (χ0n) is 14.9. The predicted octanol–water partition coefficient (Wildman–Crippen LogP) is 4.01. The van der Waals surface area contributed by atoms with Gasteiger partial charge in [0, 0.05) is 18.2 Å². The fourth-order valence-corrected chi connectivity index (χ4v) is 2.46. The molecule has 0 saturated carbocycles. The Bertz CT molecular complexity index is 670. The lowest BCUT2D eigenvalue weighted by molar-refractivity contribution is 0.130. The molecule has 0 aliphatic heterocycles. The van der Waals surface area contributed by atoms with Crippen LogP contribution in [0.4, 0.5) is 10.5 Å². The molecule has 2 atom stereocenters. The van der Waals surface area contributed by atoms with Gasteiger partial charge in [0.05, 0.1) is 12.9 Å². The average molecular weight is 346 g/mol. The van der Waals surface area contributed by atoms with Gasteiger partial charge < -0.3 is 24.9 Å². The summed E-state index contributed by atoms with van der Waals surface area (Å²) in [6, 6.07) is 8.46. The SMILES string of the molecule is CCCOc1ccc(NC(=O)NC(C)CC(O)c2ccco2)c(C)c1. The van der Waals surface area contributed by atoms with Gasteiger partial charge in [0.2, 0.25) is 0 Å². The summed E-state index contributed by atoms with van der Waals surface area (Å²) in [7, 11) is 0. The van der Waals surface area contributed by atoms with Crippen molar-refractivity contribution >= 4 is 11.7 Å². The number of rotatable bonds is 8. The number of anilines is 1. The molecule has 2 rings (SSSR count). The number of carbonyl (C=O) groups is 1. The highest BCUT2D eigenvalue weighted by Gasteiger charge is 2.16. The molecule has 3 N–H and O–H groups in total. The molecule has 1 heterocycles. The third-order valence-electron chi connectivity index (χ3n) is 3.74. The molecular formula is C19H26N2O4. The molecule has 136 valence electrons. The first-order valence-electron chi connectivity index (χ1n) is 8.52. The summed E-state index contributed by atoms with van der Waals surface area (Å²) in [4.78, 5) is 12.1. The Labute approximate surface area is 148 Å². The Morgan fingerprint density at radius 3 is 2.80 bits per heavy atom. The van der Waals surface area contributed by atoms with E-state index >= 15 is 0 Å². The number of carbonyl (C=O) groups excluding carboxylic acids is 1. The predicted molar refractivity (Wildman–Crippen MR) is 96.9 cm³/mol. The van der Waals surface area contributed by atoms with Crippen molar-refractivity contribution in [2.75, 3.05) is 11.9 Å². The van der Waals surface area contributed by atoms with E-state index in [1.807, 2.05) is 32.0 Å². The number of aliphatic hydroxyl groups is 1. The molecule has 0 aliphatic rings. The summed E-state index contributed by atoms with van der Waals surface area (Å²) in [6.45, 7) is 6.47. The van der Waals surface area contributed by atoms with Crippen molar-refractivity contribution < 1.29 is 19.1 Å². The maximum Gasteiger partial charge on any atom is 0.319 e. The molecule has 2 unspecified atom stereocenters. The molecule has 6 nitrogen and oxygen atoms in total. The van der Waals surface area contributed by atoms with Crippen molar-refractivity contribution in [1.29, 1.82) is 0 Å². The fraction of sp³-hybridized carbons (Fsp3) is 0.421. The van der Waals surface area contributed by atoms with Gasteiger partial charge in [0.25, 0.3) is 0 Å². The van der Waals surface area contributed by atoms with Crippen LogP contribution < -0.4 is 15.4 Å². The van der Waals surface area contributed by atoms with E-state index in [-0.39, 0.29) is 12.1 Å². The number of ether oxygens (including phenoxy) is 1. The maximum absolute atomic E-state index is 12.1. The largest absolute Gasteiger partial charge is 0.494 e. The third kappa shape index (κ3) is 5.83. The van der Waals surface area contributed by atoms with Crippen molar-refractivity contribution in [2.45, 2.75) is 45.8 Å². The second kappa shape index (κ2) is 9.13. The van der Waals surface area contributed by atoms with E-state index in [0.29, 0.717) is 18.8 Å². The maximum atomic E-state index is 12.1. The number of hydrogen-bond acceptors (Lipinski definition) is 4. The molecular weight excluding hydrogens is 320 g/mol. The van der Waals surface area contributed by atoms with E-state index < -0.39 is 6.10 Å². The van der Waals surface area contributed by atoms with E-state index in [1.54, 1.807) is 12.1 Å². The molecule has 2 aromatic rings. The quantitative estimate of drug-likeness (QED) is 0.674. The normalized spacial score (nSPS) is 13.1. The van der Waals surface area contributed by atoms with Gasteiger partial charge in [-0.15, -0.1) is 0 Å². The number of benzene rings is 1. The number of urea groups is 1. The Kier molecular flexibility index (Phi) is 6.89. The number of aryl methyl sites for hydroxylation is 1. The Morgan fingerprint density at radius 2 is 2.16 bits per heavy atom. The van der Waals surface area contributed by atoms with E-state index in [0.717, 1.165) is 23.4 Å². The van der Waals surface area contributed by atoms with Crippen LogP contribution in [0.15, 0.2) is 41.0 Å². The molecule has 2 amide bonds. The lowest BCUT2D eigenvalue weighted by atomic mass is 10.1. The average Bonchev–Trinajstić information content (AvgIpc) is 3.09. The molecule has 1 aromatic heterocycles. The zero-order chi connectivity index (χ0) is 18.2. The van der Waals surface area contributed by atoms with Crippen molar-refractivity contribution in [3.63, 3.8) is 0 Å². The standard InChI is InChI=1S/C19H26N2O4/c1-4-9-24-15-7-8-16(13(2)11-15)21-19(23)20-14(3)12-17(22)18-6-5-10-25-18/h5-8,10-11,14,17,22H,4,9,12H2,1-3H3,(H2,20,21,23). The van der Waals surface area contributed by atoms with Crippen LogP contribution in [0.1, 0.15) is 44.1 Å². The number of amides is 2. The summed E-state index contributed by atoms with van der Waals surface area (Å²) in [5.41, 5.74) is 1.65. The second-order valence-corrected chi connectivity index (χ2v) is 6.09. The molecule has 0 radical (unpaired) electrons. The van der Waals surface area contributed by atoms with Crippen LogP contribution in [0.2, 0.25) is 0 Å². The zero-order valence-corrected chi connectivity index (χ0v) is 14.9. The van der Waals surface area contributed by atoms with Crippen LogP contribution in [0.5, 0.6) is 5.75 Å². The fourth-order valence-electron chi connectivity index (χ4n) is 2.46. The van der Waals surface area contributed by atoms with E-state index in [1.165, 1.54) is 6.26 Å². The first-order chi connectivity index (χ1) is 12.0. The minimum absolute atomic E-state index is 0.215. The van der Waals surface area contributed by atoms with E-state index in [4.69, 9.17) is 9.15 Å². The lowest BCUT2D eigenvalue weighted by Crippen LogP contribution is -2.37. The minimum atomic E-state index is -0.748. The number of aliphatic hydroxyl groups excluding tert-OH is 1. The number of nitrogens with one attached hydrogen (secondary N) is 2. The summed E-state index contributed by atoms with van der Waals surface area (Å²) in [5, 5.41) is 15.7. The highest BCUT2D eigenvalue weighted by molar-refractivity contribution is 5.90. The first kappa shape index (κ1) is 18.9. The van der Waals surface area contributed by atoms with Crippen molar-refractivity contribution in [3.05, 3.63) is 47.9 Å². The van der Waals surface area contributed by atoms with Gasteiger partial charge in [-0.05, 0) is 56.2 Å². The van der Waals surface area contributed by atoms with Crippen LogP contribution in [0, 0.1) is 6.92 Å². The first-order valence-corrected chi connectivity index (χ1v) is 8.52. The van der Waals surface area contributed by atoms with Crippen molar-refractivity contribution in [2.24, 2.45) is 0 Å². The molecule has 1 aromatic carbocycles. The highest BCUT2D eigenvalue weighted by Crippen LogP contribution is 2.22. The second-order valence-electron chi connectivity index (χ2n) is 6.09. The topological polar surface area (TPSA) is 83.7 Å². The number of furan rings is 1. The van der Waals surface area contributed by atoms with Gasteiger partial charge in [-0.1, -0.05) is 6.92 Å². The summed E-state index contributed by atoms with van der Waals surface area (Å²) < 4.78 is 10.7. The molecule has 25 heavy (non-hydrogen) atoms. The van der Waals surface area contributed by atoms with Gasteiger partial charge in [-0.2, -0.15) is 0 Å². The van der Waals surface area contributed by atoms with Crippen molar-refractivity contribution in [3.8, 4) is 5.75 Å². The van der Waals surface area contributed by atoms with Crippen LogP contribution in [0.3, 0.4) is 0 Å². The molecule has 6 heteroatoms. The molecule has 0 spiro atoms. The van der Waals surface area contributed by atoms with Crippen LogP contribution in [-0.4, -0.2) is 23.8 Å². The third-order valence-corrected chi connectivity index (χ3v) is 3.74. The van der Waals surface area contributed by atoms with E-state index in [2.05, 4.69) is 17.6 Å². The van der Waals surface area contributed by atoms with E-state index in [9.17, 15) is 9.90 Å². The highest BCUT2D eigenvalue weighted by atomic mass is 16.5. The molecule has 0 fully saturated rings. The Hall–Kier alpha value is -2.47. The van der Waals surface area contributed by atoms with Crippen molar-refractivity contribution in [1.82, 2.24) is 5.32 Å². The smallest absolute Gasteiger partial charge is 0.319 e. The van der Waals surface area contributed by atoms with Gasteiger partial charge in [-0.25, -0.2) is 4.79 Å². The lowest BCUT2D eigenvalue weighted by Gasteiger charge is -2.18. The number of hydrogen-bond donors (Lipinski definition) is 3. The summed E-state index contributed by atoms with van der Waals surface area (Å²) >= 11 is 0. The Morgan fingerprint density at radius 1 is 1.36 bits per heavy atom. The molecule has 0 saturated heterocycles. The minimum Gasteiger partial charge on any atom is -0.494 e. The molecule has 0 bridgehead atoms. The summed E-state index contributed by atoms with van der Waals surface area (Å²) in [6.07, 6.45) is 2.08. The van der Waals surface area contributed by atoms with Gasteiger partial charge in [-0.3, -0.25) is 0 Å².